The summed E-state index contributed by atoms with van der Waals surface area (Å²) in [6, 6.07) is 12.6. The topological polar surface area (TPSA) is 80.0 Å². The van der Waals surface area contributed by atoms with Crippen LogP contribution in [-0.4, -0.2) is 25.8 Å². The number of halogens is 1. The Bertz CT molecular complexity index is 1200. The maximum absolute atomic E-state index is 11.8. The summed E-state index contributed by atoms with van der Waals surface area (Å²) < 4.78 is 1.79. The summed E-state index contributed by atoms with van der Waals surface area (Å²) in [5, 5.41) is 20.7. The molecule has 0 aliphatic heterocycles. The predicted octanol–water partition coefficient (Wildman–Crippen LogP) is 5.71. The summed E-state index contributed by atoms with van der Waals surface area (Å²) in [4.78, 5) is 16.2. The SMILES string of the molecule is Cc1ccccc1-n1nc(C)c(-c2nccs2)c1Nc1ccc(Cl)cc1C(=O)O. The molecule has 146 valence electrons. The van der Waals surface area contributed by atoms with Crippen LogP contribution in [0.1, 0.15) is 21.6 Å². The minimum absolute atomic E-state index is 0.0813. The Labute approximate surface area is 176 Å². The van der Waals surface area contributed by atoms with Gasteiger partial charge >= 0.3 is 5.97 Å². The molecule has 0 bridgehead atoms. The van der Waals surface area contributed by atoms with Crippen molar-refractivity contribution >= 4 is 40.4 Å². The molecule has 0 fully saturated rings. The van der Waals surface area contributed by atoms with E-state index in [-0.39, 0.29) is 5.56 Å². The van der Waals surface area contributed by atoms with E-state index in [1.54, 1.807) is 23.0 Å². The summed E-state index contributed by atoms with van der Waals surface area (Å²) in [7, 11) is 0. The fraction of sp³-hybridized carbons (Fsp3) is 0.0952. The molecule has 4 aromatic rings. The van der Waals surface area contributed by atoms with Gasteiger partial charge in [0.25, 0.3) is 0 Å². The molecule has 8 heteroatoms. The van der Waals surface area contributed by atoms with Crippen molar-refractivity contribution in [1.82, 2.24) is 14.8 Å². The molecule has 0 saturated carbocycles. The third kappa shape index (κ3) is 3.62. The van der Waals surface area contributed by atoms with Gasteiger partial charge in [0.15, 0.2) is 0 Å². The second kappa shape index (κ2) is 7.69. The number of aromatic nitrogens is 3. The summed E-state index contributed by atoms with van der Waals surface area (Å²) in [6.07, 6.45) is 1.74. The number of aryl methyl sites for hydroxylation is 2. The van der Waals surface area contributed by atoms with Crippen LogP contribution in [-0.2, 0) is 0 Å². The van der Waals surface area contributed by atoms with Gasteiger partial charge in [0.1, 0.15) is 10.8 Å². The van der Waals surface area contributed by atoms with E-state index in [4.69, 9.17) is 16.7 Å². The third-order valence-corrected chi connectivity index (χ3v) is 5.54. The first kappa shape index (κ1) is 19.2. The van der Waals surface area contributed by atoms with Gasteiger partial charge in [0.05, 0.1) is 28.2 Å². The molecule has 4 rings (SSSR count). The molecule has 2 N–H and O–H groups in total. The second-order valence-corrected chi connectivity index (χ2v) is 7.80. The second-order valence-electron chi connectivity index (χ2n) is 6.46. The van der Waals surface area contributed by atoms with Gasteiger partial charge in [0, 0.05) is 16.6 Å². The molecule has 0 aliphatic rings. The molecular weight excluding hydrogens is 408 g/mol. The molecule has 0 aliphatic carbocycles. The van der Waals surface area contributed by atoms with Crippen LogP contribution in [0.3, 0.4) is 0 Å². The van der Waals surface area contributed by atoms with Crippen molar-refractivity contribution in [3.63, 3.8) is 0 Å². The minimum Gasteiger partial charge on any atom is -0.478 e. The normalized spacial score (nSPS) is 10.9. The summed E-state index contributed by atoms with van der Waals surface area (Å²) in [5.41, 5.74) is 4.06. The summed E-state index contributed by atoms with van der Waals surface area (Å²) >= 11 is 7.51. The number of rotatable bonds is 5. The van der Waals surface area contributed by atoms with Crippen LogP contribution in [0, 0.1) is 13.8 Å². The zero-order valence-corrected chi connectivity index (χ0v) is 17.3. The van der Waals surface area contributed by atoms with E-state index in [0.717, 1.165) is 27.5 Å². The lowest BCUT2D eigenvalue weighted by Gasteiger charge is -2.15. The van der Waals surface area contributed by atoms with Crippen LogP contribution in [0.5, 0.6) is 0 Å². The van der Waals surface area contributed by atoms with Crippen molar-refractivity contribution in [2.75, 3.05) is 5.32 Å². The molecule has 29 heavy (non-hydrogen) atoms. The lowest BCUT2D eigenvalue weighted by molar-refractivity contribution is 0.0698. The molecule has 2 heterocycles. The Morgan fingerprint density at radius 2 is 2.00 bits per heavy atom. The highest BCUT2D eigenvalue weighted by atomic mass is 35.5. The summed E-state index contributed by atoms with van der Waals surface area (Å²) in [5.74, 6) is -0.416. The van der Waals surface area contributed by atoms with Gasteiger partial charge in [-0.1, -0.05) is 29.8 Å². The van der Waals surface area contributed by atoms with Gasteiger partial charge in [-0.3, -0.25) is 0 Å². The van der Waals surface area contributed by atoms with Crippen molar-refractivity contribution in [2.45, 2.75) is 13.8 Å². The molecule has 0 atom stereocenters. The Morgan fingerprint density at radius 3 is 2.69 bits per heavy atom. The van der Waals surface area contributed by atoms with Gasteiger partial charge in [0.2, 0.25) is 0 Å². The number of carbonyl (C=O) groups is 1. The maximum atomic E-state index is 11.8. The minimum atomic E-state index is -1.07. The zero-order valence-electron chi connectivity index (χ0n) is 15.7. The largest absolute Gasteiger partial charge is 0.478 e. The molecule has 2 aromatic heterocycles. The van der Waals surface area contributed by atoms with Gasteiger partial charge in [-0.2, -0.15) is 5.10 Å². The lowest BCUT2D eigenvalue weighted by atomic mass is 10.1. The number of thiazole rings is 1. The fourth-order valence-corrected chi connectivity index (χ4v) is 4.06. The van der Waals surface area contributed by atoms with E-state index in [2.05, 4.69) is 10.3 Å². The van der Waals surface area contributed by atoms with Crippen LogP contribution >= 0.6 is 22.9 Å². The number of hydrogen-bond acceptors (Lipinski definition) is 5. The van der Waals surface area contributed by atoms with Crippen LogP contribution in [0.4, 0.5) is 11.5 Å². The quantitative estimate of drug-likeness (QED) is 0.429. The fourth-order valence-electron chi connectivity index (χ4n) is 3.15. The standard InChI is InChI=1S/C21H17ClN4O2S/c1-12-5-3-4-6-17(12)26-19(18(13(2)25-26)20-23-9-10-29-20)24-16-8-7-14(22)11-15(16)21(27)28/h3-11,24H,1-2H3,(H,27,28). The lowest BCUT2D eigenvalue weighted by Crippen LogP contribution is -2.08. The van der Waals surface area contributed by atoms with E-state index in [0.29, 0.717) is 16.5 Å². The molecule has 0 unspecified atom stereocenters. The number of carboxylic acids is 1. The third-order valence-electron chi connectivity index (χ3n) is 4.52. The zero-order chi connectivity index (χ0) is 20.5. The Kier molecular flexibility index (Phi) is 5.08. The molecule has 6 nitrogen and oxygen atoms in total. The number of anilines is 2. The van der Waals surface area contributed by atoms with Crippen molar-refractivity contribution in [3.05, 3.63) is 75.9 Å². The van der Waals surface area contributed by atoms with E-state index in [1.807, 2.05) is 43.5 Å². The van der Waals surface area contributed by atoms with Crippen LogP contribution < -0.4 is 5.32 Å². The van der Waals surface area contributed by atoms with Crippen molar-refractivity contribution < 1.29 is 9.90 Å². The first-order chi connectivity index (χ1) is 14.0. The monoisotopic (exact) mass is 424 g/mol. The van der Waals surface area contributed by atoms with E-state index < -0.39 is 5.97 Å². The molecule has 0 saturated heterocycles. The number of para-hydroxylation sites is 1. The Hall–Kier alpha value is -3.16. The highest BCUT2D eigenvalue weighted by Gasteiger charge is 2.22. The first-order valence-electron chi connectivity index (χ1n) is 8.81. The number of carboxylic acid groups (broad SMARTS) is 1. The van der Waals surface area contributed by atoms with Crippen LogP contribution in [0.2, 0.25) is 5.02 Å². The predicted molar refractivity (Wildman–Crippen MR) is 116 cm³/mol. The highest BCUT2D eigenvalue weighted by molar-refractivity contribution is 7.13. The van der Waals surface area contributed by atoms with Gasteiger partial charge in [-0.25, -0.2) is 14.5 Å². The van der Waals surface area contributed by atoms with Gasteiger partial charge < -0.3 is 10.4 Å². The Balaban J connectivity index is 1.95. The van der Waals surface area contributed by atoms with Crippen molar-refractivity contribution in [2.24, 2.45) is 0 Å². The average molecular weight is 425 g/mol. The number of hydrogen-bond donors (Lipinski definition) is 2. The van der Waals surface area contributed by atoms with E-state index in [9.17, 15) is 9.90 Å². The van der Waals surface area contributed by atoms with Crippen molar-refractivity contribution in [3.8, 4) is 16.3 Å². The molecule has 0 amide bonds. The van der Waals surface area contributed by atoms with E-state index in [1.165, 1.54) is 17.4 Å². The van der Waals surface area contributed by atoms with E-state index >= 15 is 0 Å². The number of nitrogens with one attached hydrogen (secondary N) is 1. The molecular formula is C21H17ClN4O2S. The molecule has 0 radical (unpaired) electrons. The van der Waals surface area contributed by atoms with Crippen LogP contribution in [0.25, 0.3) is 16.3 Å². The first-order valence-corrected chi connectivity index (χ1v) is 10.1. The number of nitrogens with zero attached hydrogens (tertiary/aromatic N) is 3. The van der Waals surface area contributed by atoms with Gasteiger partial charge in [-0.05, 0) is 43.7 Å². The van der Waals surface area contributed by atoms with Gasteiger partial charge in [-0.15, -0.1) is 11.3 Å². The number of aromatic carboxylic acids is 1. The van der Waals surface area contributed by atoms with Crippen molar-refractivity contribution in [1.29, 1.82) is 0 Å². The molecule has 2 aromatic carbocycles. The Morgan fingerprint density at radius 1 is 1.21 bits per heavy atom. The maximum Gasteiger partial charge on any atom is 0.337 e. The van der Waals surface area contributed by atoms with Crippen LogP contribution in [0.15, 0.2) is 54.0 Å². The average Bonchev–Trinajstić information content (AvgIpc) is 3.31. The molecule has 0 spiro atoms. The smallest absolute Gasteiger partial charge is 0.337 e. The number of benzene rings is 2. The highest BCUT2D eigenvalue weighted by Crippen LogP contribution is 2.37. The summed E-state index contributed by atoms with van der Waals surface area (Å²) in [6.45, 7) is 3.92.